The molecule has 5 heteroatoms. The maximum Gasteiger partial charge on any atom is 0.358 e. The van der Waals surface area contributed by atoms with Crippen LogP contribution < -0.4 is 0 Å². The van der Waals surface area contributed by atoms with E-state index in [0.717, 1.165) is 20.5 Å². The van der Waals surface area contributed by atoms with Crippen LogP contribution in [0.4, 0.5) is 0 Å². The summed E-state index contributed by atoms with van der Waals surface area (Å²) in [5, 5.41) is 0. The summed E-state index contributed by atoms with van der Waals surface area (Å²) in [6.45, 7) is 2.02. The van der Waals surface area contributed by atoms with Crippen LogP contribution in [0.2, 0.25) is 0 Å². The zero-order valence-corrected chi connectivity index (χ0v) is 11.8. The number of hydrogen-bond donors (Lipinski definition) is 0. The third-order valence-electron chi connectivity index (χ3n) is 2.38. The van der Waals surface area contributed by atoms with Gasteiger partial charge in [-0.05, 0) is 24.1 Å². The predicted octanol–water partition coefficient (Wildman–Crippen LogP) is 3.67. The molecule has 0 bridgehead atoms. The lowest BCUT2D eigenvalue weighted by Gasteiger charge is -2.03. The Morgan fingerprint density at radius 1 is 1.47 bits per heavy atom. The van der Waals surface area contributed by atoms with E-state index < -0.39 is 5.97 Å². The van der Waals surface area contributed by atoms with Crippen molar-refractivity contribution in [2.24, 2.45) is 0 Å². The molecule has 0 aliphatic carbocycles. The summed E-state index contributed by atoms with van der Waals surface area (Å²) in [6, 6.07) is 5.95. The van der Waals surface area contributed by atoms with Gasteiger partial charge in [0.05, 0.1) is 17.5 Å². The number of esters is 1. The maximum atomic E-state index is 11.5. The largest absolute Gasteiger partial charge is 0.464 e. The molecule has 0 saturated heterocycles. The quantitative estimate of drug-likeness (QED) is 0.794. The molecule has 0 spiro atoms. The van der Waals surface area contributed by atoms with Crippen molar-refractivity contribution < 1.29 is 9.53 Å². The number of thiazole rings is 1. The molecule has 17 heavy (non-hydrogen) atoms. The Morgan fingerprint density at radius 2 is 2.24 bits per heavy atom. The van der Waals surface area contributed by atoms with Crippen LogP contribution in [0.1, 0.15) is 16.1 Å². The van der Waals surface area contributed by atoms with Crippen molar-refractivity contribution in [1.82, 2.24) is 4.98 Å². The number of benzene rings is 1. The van der Waals surface area contributed by atoms with Crippen LogP contribution >= 0.6 is 27.3 Å². The zero-order chi connectivity index (χ0) is 12.4. The SMILES string of the molecule is COC(=O)c1ncsc1-c1ccc(C)c(Br)c1. The van der Waals surface area contributed by atoms with Gasteiger partial charge in [-0.25, -0.2) is 9.78 Å². The van der Waals surface area contributed by atoms with Crippen molar-refractivity contribution in [2.45, 2.75) is 6.92 Å². The molecule has 0 N–H and O–H groups in total. The summed E-state index contributed by atoms with van der Waals surface area (Å²) in [4.78, 5) is 16.4. The molecule has 0 atom stereocenters. The average Bonchev–Trinajstić information content (AvgIpc) is 2.80. The maximum absolute atomic E-state index is 11.5. The standard InChI is InChI=1S/C12H10BrNO2S/c1-7-3-4-8(5-9(7)13)11-10(12(15)16-2)14-6-17-11/h3-6H,1-2H3. The van der Waals surface area contributed by atoms with Gasteiger partial charge in [0.25, 0.3) is 0 Å². The fourth-order valence-corrected chi connectivity index (χ4v) is 2.58. The van der Waals surface area contributed by atoms with Gasteiger partial charge in [0.15, 0.2) is 5.69 Å². The first kappa shape index (κ1) is 12.3. The normalized spacial score (nSPS) is 10.3. The Bertz CT molecular complexity index is 565. The van der Waals surface area contributed by atoms with Crippen LogP contribution in [-0.4, -0.2) is 18.1 Å². The van der Waals surface area contributed by atoms with Gasteiger partial charge in [0, 0.05) is 4.47 Å². The van der Waals surface area contributed by atoms with Gasteiger partial charge >= 0.3 is 5.97 Å². The molecule has 3 nitrogen and oxygen atoms in total. The molecule has 0 aliphatic heterocycles. The Balaban J connectivity index is 2.50. The van der Waals surface area contributed by atoms with E-state index in [-0.39, 0.29) is 0 Å². The molecule has 1 heterocycles. The van der Waals surface area contributed by atoms with E-state index in [9.17, 15) is 4.79 Å². The van der Waals surface area contributed by atoms with Gasteiger partial charge in [-0.3, -0.25) is 0 Å². The summed E-state index contributed by atoms with van der Waals surface area (Å²) in [5.74, 6) is -0.405. The predicted molar refractivity (Wildman–Crippen MR) is 71.3 cm³/mol. The van der Waals surface area contributed by atoms with Crippen LogP contribution in [0.25, 0.3) is 10.4 Å². The number of halogens is 1. The first-order valence-corrected chi connectivity index (χ1v) is 6.59. The highest BCUT2D eigenvalue weighted by atomic mass is 79.9. The van der Waals surface area contributed by atoms with Crippen molar-refractivity contribution in [1.29, 1.82) is 0 Å². The van der Waals surface area contributed by atoms with E-state index in [1.165, 1.54) is 18.4 Å². The lowest BCUT2D eigenvalue weighted by atomic mass is 10.1. The van der Waals surface area contributed by atoms with Crippen molar-refractivity contribution in [2.75, 3.05) is 7.11 Å². The van der Waals surface area contributed by atoms with Gasteiger partial charge in [-0.1, -0.05) is 28.1 Å². The highest BCUT2D eigenvalue weighted by Crippen LogP contribution is 2.31. The van der Waals surface area contributed by atoms with E-state index in [1.54, 1.807) is 5.51 Å². The molecule has 1 aromatic carbocycles. The average molecular weight is 312 g/mol. The highest BCUT2D eigenvalue weighted by molar-refractivity contribution is 9.10. The Kier molecular flexibility index (Phi) is 3.59. The zero-order valence-electron chi connectivity index (χ0n) is 9.36. The van der Waals surface area contributed by atoms with E-state index >= 15 is 0 Å². The van der Waals surface area contributed by atoms with Gasteiger partial charge in [-0.15, -0.1) is 11.3 Å². The van der Waals surface area contributed by atoms with Gasteiger partial charge in [0.1, 0.15) is 0 Å². The Labute approximate surface area is 112 Å². The Morgan fingerprint density at radius 3 is 2.88 bits per heavy atom. The van der Waals surface area contributed by atoms with Crippen LogP contribution in [0.3, 0.4) is 0 Å². The fraction of sp³-hybridized carbons (Fsp3) is 0.167. The molecule has 0 unspecified atom stereocenters. The van der Waals surface area contributed by atoms with Crippen LogP contribution in [-0.2, 0) is 4.74 Å². The van der Waals surface area contributed by atoms with Gasteiger partial charge < -0.3 is 4.74 Å². The summed E-state index contributed by atoms with van der Waals surface area (Å²) in [5.41, 5.74) is 4.13. The lowest BCUT2D eigenvalue weighted by molar-refractivity contribution is 0.0596. The molecule has 88 valence electrons. The number of carbonyl (C=O) groups is 1. The number of carbonyl (C=O) groups excluding carboxylic acids is 1. The second kappa shape index (κ2) is 4.98. The van der Waals surface area contributed by atoms with Crippen LogP contribution in [0.15, 0.2) is 28.2 Å². The van der Waals surface area contributed by atoms with Crippen LogP contribution in [0, 0.1) is 6.92 Å². The molecule has 0 aliphatic rings. The number of hydrogen-bond acceptors (Lipinski definition) is 4. The second-order valence-corrected chi connectivity index (χ2v) is 5.19. The minimum atomic E-state index is -0.405. The first-order chi connectivity index (χ1) is 8.13. The summed E-state index contributed by atoms with van der Waals surface area (Å²) >= 11 is 4.91. The third kappa shape index (κ3) is 2.40. The van der Waals surface area contributed by atoms with E-state index in [4.69, 9.17) is 4.74 Å². The number of aryl methyl sites for hydroxylation is 1. The van der Waals surface area contributed by atoms with Crippen LogP contribution in [0.5, 0.6) is 0 Å². The molecule has 0 amide bonds. The minimum absolute atomic E-state index is 0.369. The molecule has 2 aromatic rings. The summed E-state index contributed by atoms with van der Waals surface area (Å²) < 4.78 is 5.72. The fourth-order valence-electron chi connectivity index (χ4n) is 1.43. The van der Waals surface area contributed by atoms with Crippen molar-refractivity contribution in [3.63, 3.8) is 0 Å². The first-order valence-electron chi connectivity index (χ1n) is 4.92. The van der Waals surface area contributed by atoms with E-state index in [2.05, 4.69) is 20.9 Å². The molecular formula is C12H10BrNO2S. The molecule has 1 aromatic heterocycles. The number of nitrogens with zero attached hydrogens (tertiary/aromatic N) is 1. The number of ether oxygens (including phenoxy) is 1. The van der Waals surface area contributed by atoms with Gasteiger partial charge in [0.2, 0.25) is 0 Å². The highest BCUT2D eigenvalue weighted by Gasteiger charge is 2.16. The van der Waals surface area contributed by atoms with E-state index in [0.29, 0.717) is 5.69 Å². The summed E-state index contributed by atoms with van der Waals surface area (Å²) in [7, 11) is 1.36. The van der Waals surface area contributed by atoms with Crippen molar-refractivity contribution in [3.8, 4) is 10.4 Å². The Hall–Kier alpha value is -1.20. The third-order valence-corrected chi connectivity index (χ3v) is 4.11. The van der Waals surface area contributed by atoms with Gasteiger partial charge in [-0.2, -0.15) is 0 Å². The molecule has 0 radical (unpaired) electrons. The topological polar surface area (TPSA) is 39.2 Å². The second-order valence-electron chi connectivity index (χ2n) is 3.49. The van der Waals surface area contributed by atoms with E-state index in [1.807, 2.05) is 25.1 Å². The van der Waals surface area contributed by atoms with Crippen molar-refractivity contribution >= 4 is 33.2 Å². The molecule has 0 saturated carbocycles. The number of methoxy groups -OCH3 is 1. The minimum Gasteiger partial charge on any atom is -0.464 e. The van der Waals surface area contributed by atoms with Crippen molar-refractivity contribution in [3.05, 3.63) is 39.4 Å². The number of rotatable bonds is 2. The molecular weight excluding hydrogens is 302 g/mol. The lowest BCUT2D eigenvalue weighted by Crippen LogP contribution is -2.02. The number of aromatic nitrogens is 1. The molecule has 0 fully saturated rings. The molecule has 2 rings (SSSR count). The monoisotopic (exact) mass is 311 g/mol. The smallest absolute Gasteiger partial charge is 0.358 e. The summed E-state index contributed by atoms with van der Waals surface area (Å²) in [6.07, 6.45) is 0.